The molecule has 1 saturated carbocycles. The van der Waals surface area contributed by atoms with Gasteiger partial charge >= 0.3 is 0 Å². The quantitative estimate of drug-likeness (QED) is 0.714. The number of ether oxygens (including phenoxy) is 2. The summed E-state index contributed by atoms with van der Waals surface area (Å²) in [5, 5.41) is 0. The van der Waals surface area contributed by atoms with Gasteiger partial charge in [-0.05, 0) is 62.9 Å². The van der Waals surface area contributed by atoms with E-state index in [0.29, 0.717) is 12.5 Å². The van der Waals surface area contributed by atoms with Crippen LogP contribution in [0.3, 0.4) is 0 Å². The number of rotatable bonds is 5. The van der Waals surface area contributed by atoms with Crippen LogP contribution in [-0.2, 0) is 27.8 Å². The lowest BCUT2D eigenvalue weighted by Gasteiger charge is -2.64. The summed E-state index contributed by atoms with van der Waals surface area (Å²) >= 11 is 0. The van der Waals surface area contributed by atoms with Gasteiger partial charge < -0.3 is 14.4 Å². The normalized spacial score (nSPS) is 33.8. The molecule has 2 aromatic carbocycles. The van der Waals surface area contributed by atoms with Crippen LogP contribution < -0.4 is 4.74 Å². The third kappa shape index (κ3) is 2.32. The van der Waals surface area contributed by atoms with Crippen molar-refractivity contribution in [1.82, 2.24) is 4.90 Å². The van der Waals surface area contributed by atoms with E-state index < -0.39 is 0 Å². The first-order valence-electron chi connectivity index (χ1n) is 11.4. The van der Waals surface area contributed by atoms with E-state index in [4.69, 9.17) is 9.47 Å². The van der Waals surface area contributed by atoms with Gasteiger partial charge in [0.25, 0.3) is 0 Å². The number of hydrogen-bond donors (Lipinski definition) is 0. The Morgan fingerprint density at radius 2 is 2.00 bits per heavy atom. The first kappa shape index (κ1) is 18.6. The molecule has 0 aromatic heterocycles. The van der Waals surface area contributed by atoms with Crippen LogP contribution >= 0.6 is 0 Å². The fourth-order valence-electron chi connectivity index (χ4n) is 6.94. The van der Waals surface area contributed by atoms with Crippen molar-refractivity contribution in [2.75, 3.05) is 20.2 Å². The molecule has 4 aliphatic rings. The monoisotopic (exact) mass is 403 g/mol. The van der Waals surface area contributed by atoms with Gasteiger partial charge in [0.15, 0.2) is 11.9 Å². The smallest absolute Gasteiger partial charge is 0.174 e. The Morgan fingerprint density at radius 1 is 1.13 bits per heavy atom. The van der Waals surface area contributed by atoms with Crippen LogP contribution in [0.4, 0.5) is 0 Å². The molecule has 0 radical (unpaired) electrons. The van der Waals surface area contributed by atoms with Crippen molar-refractivity contribution in [3.05, 3.63) is 65.2 Å². The van der Waals surface area contributed by atoms with Gasteiger partial charge in [0.2, 0.25) is 0 Å². The standard InChI is InChI=1S/C26H29NO3/c1-27-15-14-25-23-19-10-5-11-21(23)30-24(25)20(28)12-13-26(25,22(27)17-19)29-16-6-9-18-7-3-2-4-8-18/h2-5,7-8,10-11,22,24H,6,9,12-17H2,1H3/t22-,24?,25+,26-/m1/s1. The second-order valence-corrected chi connectivity index (χ2v) is 9.50. The number of likely N-dealkylation sites (tertiary alicyclic amines) is 1. The van der Waals surface area contributed by atoms with Crippen molar-refractivity contribution in [2.45, 2.75) is 61.7 Å². The van der Waals surface area contributed by atoms with Crippen LogP contribution in [0.1, 0.15) is 42.4 Å². The van der Waals surface area contributed by atoms with E-state index >= 15 is 0 Å². The molecular weight excluding hydrogens is 374 g/mol. The highest BCUT2D eigenvalue weighted by Crippen LogP contribution is 2.64. The van der Waals surface area contributed by atoms with Gasteiger partial charge in [-0.25, -0.2) is 0 Å². The molecule has 30 heavy (non-hydrogen) atoms. The van der Waals surface area contributed by atoms with Gasteiger partial charge in [0.05, 0.1) is 11.0 Å². The van der Waals surface area contributed by atoms with Crippen LogP contribution in [0, 0.1) is 0 Å². The molecule has 6 rings (SSSR count). The Hall–Kier alpha value is -2.17. The summed E-state index contributed by atoms with van der Waals surface area (Å²) in [5.74, 6) is 1.18. The maximum absolute atomic E-state index is 13.1. The average Bonchev–Trinajstić information content (AvgIpc) is 3.12. The number of nitrogens with zero attached hydrogens (tertiary/aromatic N) is 1. The predicted molar refractivity (Wildman–Crippen MR) is 115 cm³/mol. The largest absolute Gasteiger partial charge is 0.481 e. The van der Waals surface area contributed by atoms with Crippen LogP contribution in [-0.4, -0.2) is 48.6 Å². The van der Waals surface area contributed by atoms with E-state index in [1.165, 1.54) is 16.7 Å². The Morgan fingerprint density at radius 3 is 2.87 bits per heavy atom. The third-order valence-corrected chi connectivity index (χ3v) is 8.20. The minimum absolute atomic E-state index is 0.255. The Labute approximate surface area is 178 Å². The summed E-state index contributed by atoms with van der Waals surface area (Å²) in [7, 11) is 2.22. The lowest BCUT2D eigenvalue weighted by Crippen LogP contribution is -2.77. The Balaban J connectivity index is 1.37. The van der Waals surface area contributed by atoms with Gasteiger partial charge in [0.1, 0.15) is 5.75 Å². The zero-order chi connectivity index (χ0) is 20.3. The maximum Gasteiger partial charge on any atom is 0.174 e. The zero-order valence-corrected chi connectivity index (χ0v) is 17.6. The fourth-order valence-corrected chi connectivity index (χ4v) is 6.94. The van der Waals surface area contributed by atoms with E-state index in [-0.39, 0.29) is 22.9 Å². The first-order valence-corrected chi connectivity index (χ1v) is 11.4. The van der Waals surface area contributed by atoms with Crippen LogP contribution in [0.25, 0.3) is 0 Å². The summed E-state index contributed by atoms with van der Waals surface area (Å²) in [6.07, 6.45) is 4.90. The predicted octanol–water partition coefficient (Wildman–Crippen LogP) is 3.70. The highest BCUT2D eigenvalue weighted by Gasteiger charge is 2.73. The molecule has 2 aromatic rings. The van der Waals surface area contributed by atoms with E-state index in [1.54, 1.807) is 0 Å². The van der Waals surface area contributed by atoms with Crippen LogP contribution in [0.5, 0.6) is 5.75 Å². The Bertz CT molecular complexity index is 989. The molecule has 4 heteroatoms. The van der Waals surface area contributed by atoms with Crippen molar-refractivity contribution >= 4 is 5.78 Å². The second-order valence-electron chi connectivity index (χ2n) is 9.50. The van der Waals surface area contributed by atoms with Gasteiger partial charge in [-0.15, -0.1) is 0 Å². The molecule has 1 spiro atoms. The van der Waals surface area contributed by atoms with Crippen LogP contribution in [0.15, 0.2) is 48.5 Å². The van der Waals surface area contributed by atoms with Gasteiger partial charge in [-0.1, -0.05) is 42.5 Å². The molecule has 1 saturated heterocycles. The number of aryl methyl sites for hydroxylation is 1. The van der Waals surface area contributed by atoms with Gasteiger partial charge in [0, 0.05) is 24.6 Å². The average molecular weight is 404 g/mol. The molecule has 4 atom stereocenters. The lowest BCUT2D eigenvalue weighted by atomic mass is 9.49. The first-order chi connectivity index (χ1) is 14.7. The molecule has 2 fully saturated rings. The van der Waals surface area contributed by atoms with Crippen molar-refractivity contribution in [3.63, 3.8) is 0 Å². The molecule has 2 heterocycles. The SMILES string of the molecule is CN1CC[C@]23c4c5cccc4OC2C(=O)CC[C@@]3(OCCCc2ccccc2)[C@H]1C5. The highest BCUT2D eigenvalue weighted by atomic mass is 16.5. The molecule has 2 aliphatic carbocycles. The molecule has 0 amide bonds. The van der Waals surface area contributed by atoms with Crippen molar-refractivity contribution in [2.24, 2.45) is 0 Å². The lowest BCUT2D eigenvalue weighted by molar-refractivity contribution is -0.210. The number of Topliss-reactive ketones (excluding diaryl/α,β-unsaturated/α-hetero) is 1. The van der Waals surface area contributed by atoms with E-state index in [9.17, 15) is 4.79 Å². The third-order valence-electron chi connectivity index (χ3n) is 8.20. The number of ketones is 1. The van der Waals surface area contributed by atoms with Crippen molar-refractivity contribution < 1.29 is 14.3 Å². The van der Waals surface area contributed by atoms with Crippen LogP contribution in [0.2, 0.25) is 0 Å². The summed E-state index contributed by atoms with van der Waals surface area (Å²) in [6.45, 7) is 1.71. The number of hydrogen-bond acceptors (Lipinski definition) is 4. The number of piperidine rings is 1. The molecule has 156 valence electrons. The topological polar surface area (TPSA) is 38.8 Å². The molecular formula is C26H29NO3. The minimum Gasteiger partial charge on any atom is -0.481 e. The van der Waals surface area contributed by atoms with Gasteiger partial charge in [-0.3, -0.25) is 4.79 Å². The summed E-state index contributed by atoms with van der Waals surface area (Å²) in [5.41, 5.74) is 3.33. The van der Waals surface area contributed by atoms with Crippen molar-refractivity contribution in [1.29, 1.82) is 0 Å². The maximum atomic E-state index is 13.1. The summed E-state index contributed by atoms with van der Waals surface area (Å²) in [6, 6.07) is 17.3. The number of carbonyl (C=O) groups is 1. The minimum atomic E-state index is -0.381. The molecule has 2 aliphatic heterocycles. The summed E-state index contributed by atoms with van der Waals surface area (Å²) in [4.78, 5) is 15.5. The van der Waals surface area contributed by atoms with E-state index in [2.05, 4.69) is 60.5 Å². The Kier molecular flexibility index (Phi) is 4.13. The molecule has 1 unspecified atom stereocenters. The number of likely N-dealkylation sites (N-methyl/N-ethyl adjacent to an activating group) is 1. The highest BCUT2D eigenvalue weighted by molar-refractivity contribution is 5.89. The van der Waals surface area contributed by atoms with E-state index in [0.717, 1.165) is 51.0 Å². The van der Waals surface area contributed by atoms with Crippen molar-refractivity contribution in [3.8, 4) is 5.75 Å². The summed E-state index contributed by atoms with van der Waals surface area (Å²) < 4.78 is 13.3. The fraction of sp³-hybridized carbons (Fsp3) is 0.500. The zero-order valence-electron chi connectivity index (χ0n) is 17.6. The molecule has 0 N–H and O–H groups in total. The number of carbonyl (C=O) groups excluding carboxylic acids is 1. The molecule has 4 nitrogen and oxygen atoms in total. The van der Waals surface area contributed by atoms with E-state index in [1.807, 2.05) is 0 Å². The number of benzene rings is 2. The second kappa shape index (κ2) is 6.66. The van der Waals surface area contributed by atoms with Gasteiger partial charge in [-0.2, -0.15) is 0 Å². The molecule has 2 bridgehead atoms.